The van der Waals surface area contributed by atoms with E-state index in [9.17, 15) is 4.79 Å². The lowest BCUT2D eigenvalue weighted by atomic mass is 10.1. The molecular formula is C12H19ClN2O3. The third-order valence-electron chi connectivity index (χ3n) is 3.16. The van der Waals surface area contributed by atoms with E-state index < -0.39 is 0 Å². The number of nitrogens with one attached hydrogen (secondary N) is 1. The summed E-state index contributed by atoms with van der Waals surface area (Å²) in [5, 5.41) is 3.23. The summed E-state index contributed by atoms with van der Waals surface area (Å²) >= 11 is 0. The maximum absolute atomic E-state index is 11.4. The predicted molar refractivity (Wildman–Crippen MR) is 70.2 cm³/mol. The summed E-state index contributed by atoms with van der Waals surface area (Å²) in [5.41, 5.74) is 0.516. The molecule has 0 aliphatic carbocycles. The summed E-state index contributed by atoms with van der Waals surface area (Å²) in [5.74, 6) is 1.08. The Balaban J connectivity index is 0.00000162. The van der Waals surface area contributed by atoms with Gasteiger partial charge in [0.2, 0.25) is 0 Å². The molecule has 1 aliphatic heterocycles. The molecule has 0 amide bonds. The van der Waals surface area contributed by atoms with Crippen molar-refractivity contribution in [2.75, 3.05) is 27.2 Å². The highest BCUT2D eigenvalue weighted by molar-refractivity contribution is 5.90. The van der Waals surface area contributed by atoms with Gasteiger partial charge in [0.1, 0.15) is 17.1 Å². The molecule has 5 nitrogen and oxygen atoms in total. The molecule has 18 heavy (non-hydrogen) atoms. The number of aryl methyl sites for hydroxylation is 1. The molecule has 0 saturated carbocycles. The number of esters is 1. The average molecular weight is 275 g/mol. The molecule has 0 atom stereocenters. The Morgan fingerprint density at radius 3 is 2.78 bits per heavy atom. The lowest BCUT2D eigenvalue weighted by Gasteiger charge is -2.35. The first kappa shape index (κ1) is 15.0. The van der Waals surface area contributed by atoms with Crippen molar-refractivity contribution >= 4 is 18.4 Å². The number of hydrogen-bond donors (Lipinski definition) is 1. The van der Waals surface area contributed by atoms with E-state index in [1.165, 1.54) is 7.11 Å². The first-order valence-corrected chi connectivity index (χ1v) is 5.70. The Morgan fingerprint density at radius 2 is 2.28 bits per heavy atom. The number of likely N-dealkylation sites (N-methyl/N-ethyl adjacent to an activating group) is 1. The molecule has 1 N–H and O–H groups in total. The SMILES string of the molecule is COC(=O)c1cc(CN(C)C2CNC2)oc1C.Cl. The maximum Gasteiger partial charge on any atom is 0.341 e. The minimum absolute atomic E-state index is 0. The highest BCUT2D eigenvalue weighted by Crippen LogP contribution is 2.18. The van der Waals surface area contributed by atoms with E-state index in [-0.39, 0.29) is 18.4 Å². The zero-order valence-corrected chi connectivity index (χ0v) is 11.7. The summed E-state index contributed by atoms with van der Waals surface area (Å²) in [4.78, 5) is 13.6. The van der Waals surface area contributed by atoms with Gasteiger partial charge in [-0.2, -0.15) is 0 Å². The average Bonchev–Trinajstić information content (AvgIpc) is 2.55. The molecular weight excluding hydrogens is 256 g/mol. The molecule has 2 rings (SSSR count). The zero-order chi connectivity index (χ0) is 12.4. The van der Waals surface area contributed by atoms with E-state index in [1.807, 2.05) is 0 Å². The van der Waals surface area contributed by atoms with Crippen LogP contribution in [0.3, 0.4) is 0 Å². The van der Waals surface area contributed by atoms with Crippen LogP contribution >= 0.6 is 12.4 Å². The minimum Gasteiger partial charge on any atom is -0.465 e. The number of furan rings is 1. The Labute approximate surface area is 113 Å². The third-order valence-corrected chi connectivity index (χ3v) is 3.16. The first-order valence-electron chi connectivity index (χ1n) is 5.70. The smallest absolute Gasteiger partial charge is 0.341 e. The molecule has 6 heteroatoms. The van der Waals surface area contributed by atoms with E-state index in [0.717, 1.165) is 18.8 Å². The molecule has 1 fully saturated rings. The molecule has 0 radical (unpaired) electrons. The van der Waals surface area contributed by atoms with E-state index in [0.29, 0.717) is 23.9 Å². The number of rotatable bonds is 4. The highest BCUT2D eigenvalue weighted by atomic mass is 35.5. The van der Waals surface area contributed by atoms with Gasteiger partial charge in [-0.05, 0) is 20.0 Å². The van der Waals surface area contributed by atoms with Crippen LogP contribution in [0.1, 0.15) is 21.9 Å². The van der Waals surface area contributed by atoms with Crippen LogP contribution < -0.4 is 5.32 Å². The molecule has 102 valence electrons. The summed E-state index contributed by atoms with van der Waals surface area (Å²) in [6.45, 7) is 4.52. The van der Waals surface area contributed by atoms with Crippen molar-refractivity contribution in [1.82, 2.24) is 10.2 Å². The zero-order valence-electron chi connectivity index (χ0n) is 10.9. The van der Waals surface area contributed by atoms with Gasteiger partial charge in [0, 0.05) is 19.1 Å². The molecule has 1 aliphatic rings. The van der Waals surface area contributed by atoms with Crippen molar-refractivity contribution in [1.29, 1.82) is 0 Å². The number of nitrogens with zero attached hydrogens (tertiary/aromatic N) is 1. The van der Waals surface area contributed by atoms with Crippen LogP contribution in [0.25, 0.3) is 0 Å². The quantitative estimate of drug-likeness (QED) is 0.836. The Hall–Kier alpha value is -1.04. The van der Waals surface area contributed by atoms with Crippen LogP contribution in [0.5, 0.6) is 0 Å². The summed E-state index contributed by atoms with van der Waals surface area (Å²) in [7, 11) is 3.43. The summed E-state index contributed by atoms with van der Waals surface area (Å²) < 4.78 is 10.3. The molecule has 1 aromatic heterocycles. The highest BCUT2D eigenvalue weighted by Gasteiger charge is 2.23. The van der Waals surface area contributed by atoms with Gasteiger partial charge in [-0.15, -0.1) is 12.4 Å². The molecule has 0 bridgehead atoms. The Morgan fingerprint density at radius 1 is 1.61 bits per heavy atom. The van der Waals surface area contributed by atoms with Gasteiger partial charge in [0.15, 0.2) is 0 Å². The second-order valence-corrected chi connectivity index (χ2v) is 4.40. The predicted octanol–water partition coefficient (Wildman–Crippen LogP) is 1.20. The fraction of sp³-hybridized carbons (Fsp3) is 0.583. The van der Waals surface area contributed by atoms with Gasteiger partial charge < -0.3 is 14.5 Å². The van der Waals surface area contributed by atoms with Crippen molar-refractivity contribution in [3.63, 3.8) is 0 Å². The van der Waals surface area contributed by atoms with Crippen molar-refractivity contribution in [3.05, 3.63) is 23.2 Å². The fourth-order valence-corrected chi connectivity index (χ4v) is 1.89. The number of ether oxygens (including phenoxy) is 1. The molecule has 0 unspecified atom stereocenters. The van der Waals surface area contributed by atoms with E-state index in [4.69, 9.17) is 9.15 Å². The van der Waals surface area contributed by atoms with E-state index >= 15 is 0 Å². The molecule has 2 heterocycles. The topological polar surface area (TPSA) is 54.7 Å². The lowest BCUT2D eigenvalue weighted by Crippen LogP contribution is -2.55. The normalized spacial score (nSPS) is 15.1. The lowest BCUT2D eigenvalue weighted by molar-refractivity contribution is 0.0599. The van der Waals surface area contributed by atoms with Crippen molar-refractivity contribution in [2.24, 2.45) is 0 Å². The third kappa shape index (κ3) is 3.04. The van der Waals surface area contributed by atoms with Crippen LogP contribution in [0.4, 0.5) is 0 Å². The minimum atomic E-state index is -0.342. The van der Waals surface area contributed by atoms with Crippen LogP contribution in [-0.2, 0) is 11.3 Å². The van der Waals surface area contributed by atoms with Crippen LogP contribution in [0.2, 0.25) is 0 Å². The van der Waals surface area contributed by atoms with Crippen molar-refractivity contribution < 1.29 is 13.9 Å². The number of hydrogen-bond acceptors (Lipinski definition) is 5. The molecule has 1 aromatic rings. The summed E-state index contributed by atoms with van der Waals surface area (Å²) in [6, 6.07) is 2.33. The maximum atomic E-state index is 11.4. The standard InChI is InChI=1S/C12H18N2O3.ClH/c1-8-11(12(15)16-3)4-10(17-8)7-14(2)9-5-13-6-9;/h4,9,13H,5-7H2,1-3H3;1H. The monoisotopic (exact) mass is 274 g/mol. The van der Waals surface area contributed by atoms with Gasteiger partial charge in [0.05, 0.1) is 13.7 Å². The number of carbonyl (C=O) groups excluding carboxylic acids is 1. The molecule has 0 spiro atoms. The molecule has 1 saturated heterocycles. The number of halogens is 1. The Bertz CT molecular complexity index is 415. The number of methoxy groups -OCH3 is 1. The van der Waals surface area contributed by atoms with Gasteiger partial charge in [-0.3, -0.25) is 4.90 Å². The van der Waals surface area contributed by atoms with Crippen LogP contribution in [0, 0.1) is 6.92 Å². The van der Waals surface area contributed by atoms with Gasteiger partial charge >= 0.3 is 5.97 Å². The van der Waals surface area contributed by atoms with Gasteiger partial charge in [-0.1, -0.05) is 0 Å². The Kier molecular flexibility index (Phi) is 5.19. The van der Waals surface area contributed by atoms with Crippen LogP contribution in [0.15, 0.2) is 10.5 Å². The van der Waals surface area contributed by atoms with Crippen LogP contribution in [-0.4, -0.2) is 44.2 Å². The van der Waals surface area contributed by atoms with E-state index in [2.05, 4.69) is 17.3 Å². The second-order valence-electron chi connectivity index (χ2n) is 4.40. The van der Waals surface area contributed by atoms with Crippen molar-refractivity contribution in [3.8, 4) is 0 Å². The fourth-order valence-electron chi connectivity index (χ4n) is 1.89. The second kappa shape index (κ2) is 6.22. The van der Waals surface area contributed by atoms with Gasteiger partial charge in [-0.25, -0.2) is 4.79 Å². The molecule has 0 aromatic carbocycles. The first-order chi connectivity index (χ1) is 8.11. The number of carbonyl (C=O) groups is 1. The van der Waals surface area contributed by atoms with Gasteiger partial charge in [0.25, 0.3) is 0 Å². The van der Waals surface area contributed by atoms with Crippen molar-refractivity contribution in [2.45, 2.75) is 19.5 Å². The van der Waals surface area contributed by atoms with E-state index in [1.54, 1.807) is 13.0 Å². The summed E-state index contributed by atoms with van der Waals surface area (Å²) in [6.07, 6.45) is 0. The largest absolute Gasteiger partial charge is 0.465 e.